The molecule has 2 heterocycles. The van der Waals surface area contributed by atoms with Gasteiger partial charge in [-0.25, -0.2) is 14.4 Å². The number of anilines is 2. The number of nitrogens with one attached hydrogen (secondary N) is 1. The highest BCUT2D eigenvalue weighted by Gasteiger charge is 2.16. The Morgan fingerprint density at radius 1 is 1.06 bits per heavy atom. The molecule has 1 saturated heterocycles. The number of nitrogens with zero attached hydrogens (tertiary/aromatic N) is 4. The van der Waals surface area contributed by atoms with Crippen molar-refractivity contribution in [1.82, 2.24) is 19.8 Å². The molecule has 7 nitrogen and oxygen atoms in total. The van der Waals surface area contributed by atoms with Crippen LogP contribution in [0.15, 0.2) is 60.8 Å². The molecule has 1 aliphatic rings. The number of hydrogen-bond acceptors (Lipinski definition) is 6. The maximum absolute atomic E-state index is 14.8. The molecular formula is C28H29FN6O. The first-order valence-corrected chi connectivity index (χ1v) is 12.0. The van der Waals surface area contributed by atoms with Crippen LogP contribution < -0.4 is 11.1 Å². The summed E-state index contributed by atoms with van der Waals surface area (Å²) in [5, 5.41) is 3.70. The average Bonchev–Trinajstić information content (AvgIpc) is 2.87. The molecule has 0 aliphatic carbocycles. The average molecular weight is 485 g/mol. The van der Waals surface area contributed by atoms with Crippen molar-refractivity contribution in [2.24, 2.45) is 0 Å². The molecule has 1 aliphatic heterocycles. The van der Waals surface area contributed by atoms with Gasteiger partial charge in [0.2, 0.25) is 5.95 Å². The van der Waals surface area contributed by atoms with Crippen molar-refractivity contribution in [2.45, 2.75) is 13.5 Å². The number of likely N-dealkylation sites (N-methyl/N-ethyl adjacent to an activating group) is 1. The minimum Gasteiger partial charge on any atom is -0.368 e. The number of carbonyl (C=O) groups excluding carboxylic acids is 1. The lowest BCUT2D eigenvalue weighted by Crippen LogP contribution is -2.44. The Morgan fingerprint density at radius 3 is 2.64 bits per heavy atom. The van der Waals surface area contributed by atoms with E-state index in [1.165, 1.54) is 6.07 Å². The summed E-state index contributed by atoms with van der Waals surface area (Å²) >= 11 is 0. The van der Waals surface area contributed by atoms with Gasteiger partial charge in [-0.3, -0.25) is 9.69 Å². The van der Waals surface area contributed by atoms with E-state index in [-0.39, 0.29) is 17.7 Å². The molecule has 8 heteroatoms. The number of benzene rings is 3. The van der Waals surface area contributed by atoms with Crippen LogP contribution in [0.3, 0.4) is 0 Å². The largest absolute Gasteiger partial charge is 0.368 e. The van der Waals surface area contributed by atoms with Crippen molar-refractivity contribution in [3.63, 3.8) is 0 Å². The maximum Gasteiger partial charge on any atom is 0.255 e. The fourth-order valence-electron chi connectivity index (χ4n) is 4.49. The monoisotopic (exact) mass is 484 g/mol. The van der Waals surface area contributed by atoms with Crippen molar-refractivity contribution < 1.29 is 9.18 Å². The van der Waals surface area contributed by atoms with Crippen molar-refractivity contribution in [2.75, 3.05) is 44.3 Å². The topological polar surface area (TPSA) is 87.4 Å². The lowest BCUT2D eigenvalue weighted by Gasteiger charge is -2.32. The SMILES string of the molecule is Cc1ccc(C(=O)Nc2ccc(CN3CCN(C)CC3)c(F)c2)cc1-c1ccc2nc(N)ncc2c1. The second-order valence-electron chi connectivity index (χ2n) is 9.37. The Labute approximate surface area is 209 Å². The van der Waals surface area contributed by atoms with Gasteiger partial charge in [-0.2, -0.15) is 0 Å². The van der Waals surface area contributed by atoms with Crippen LogP contribution >= 0.6 is 0 Å². The van der Waals surface area contributed by atoms with Gasteiger partial charge in [0, 0.05) is 61.1 Å². The molecule has 0 unspecified atom stereocenters. The molecule has 0 spiro atoms. The van der Waals surface area contributed by atoms with E-state index in [0.29, 0.717) is 23.4 Å². The standard InChI is InChI=1S/C28H29FN6O/c1-18-3-4-20(14-24(18)19-6-8-26-22(13-19)16-31-28(30)33-26)27(36)32-23-7-5-21(25(29)15-23)17-35-11-9-34(2)10-12-35/h3-8,13-16H,9-12,17H2,1-2H3,(H,32,36)(H2,30,31,33). The van der Waals surface area contributed by atoms with Gasteiger partial charge >= 0.3 is 0 Å². The van der Waals surface area contributed by atoms with E-state index in [0.717, 1.165) is 53.8 Å². The van der Waals surface area contributed by atoms with Crippen molar-refractivity contribution in [1.29, 1.82) is 0 Å². The number of rotatable bonds is 5. The molecule has 3 N–H and O–H groups in total. The first-order valence-electron chi connectivity index (χ1n) is 12.0. The minimum absolute atomic E-state index is 0.230. The molecule has 1 amide bonds. The molecule has 184 valence electrons. The van der Waals surface area contributed by atoms with Crippen molar-refractivity contribution >= 4 is 28.4 Å². The third-order valence-electron chi connectivity index (χ3n) is 6.71. The third-order valence-corrected chi connectivity index (χ3v) is 6.71. The second-order valence-corrected chi connectivity index (χ2v) is 9.37. The summed E-state index contributed by atoms with van der Waals surface area (Å²) in [7, 11) is 2.10. The zero-order chi connectivity index (χ0) is 25.2. The van der Waals surface area contributed by atoms with Crippen LogP contribution in [0.4, 0.5) is 16.0 Å². The molecule has 0 atom stereocenters. The Balaban J connectivity index is 1.32. The number of fused-ring (bicyclic) bond motifs is 1. The predicted octanol–water partition coefficient (Wildman–Crippen LogP) is 4.33. The highest BCUT2D eigenvalue weighted by Crippen LogP contribution is 2.28. The number of hydrogen-bond donors (Lipinski definition) is 2. The summed E-state index contributed by atoms with van der Waals surface area (Å²) in [5.41, 5.74) is 10.9. The summed E-state index contributed by atoms with van der Waals surface area (Å²) in [4.78, 5) is 25.9. The number of aromatic nitrogens is 2. The number of aryl methyl sites for hydroxylation is 1. The fraction of sp³-hybridized carbons (Fsp3) is 0.250. The number of nitrogens with two attached hydrogens (primary N) is 1. The highest BCUT2D eigenvalue weighted by molar-refractivity contribution is 6.05. The Hall–Kier alpha value is -3.88. The summed E-state index contributed by atoms with van der Waals surface area (Å²) in [6.45, 7) is 6.37. The zero-order valence-electron chi connectivity index (χ0n) is 20.5. The van der Waals surface area contributed by atoms with E-state index in [9.17, 15) is 9.18 Å². The van der Waals surface area contributed by atoms with Crippen LogP contribution in [-0.4, -0.2) is 58.9 Å². The van der Waals surface area contributed by atoms with E-state index in [1.807, 2.05) is 37.3 Å². The molecule has 0 radical (unpaired) electrons. The molecule has 0 saturated carbocycles. The van der Waals surface area contributed by atoms with Gasteiger partial charge in [0.05, 0.1) is 5.52 Å². The normalized spacial score (nSPS) is 14.8. The van der Waals surface area contributed by atoms with Crippen molar-refractivity contribution in [3.05, 3.63) is 83.3 Å². The summed E-state index contributed by atoms with van der Waals surface area (Å²) in [5.74, 6) is -0.372. The van der Waals surface area contributed by atoms with Crippen LogP contribution in [0.2, 0.25) is 0 Å². The molecule has 1 fully saturated rings. The molecule has 5 rings (SSSR count). The predicted molar refractivity (Wildman–Crippen MR) is 141 cm³/mol. The van der Waals surface area contributed by atoms with Gasteiger partial charge in [-0.15, -0.1) is 0 Å². The summed E-state index contributed by atoms with van der Waals surface area (Å²) in [6, 6.07) is 16.3. The third kappa shape index (κ3) is 5.19. The van der Waals surface area contributed by atoms with Crippen LogP contribution in [0, 0.1) is 12.7 Å². The summed E-state index contributed by atoms with van der Waals surface area (Å²) in [6.07, 6.45) is 1.69. The lowest BCUT2D eigenvalue weighted by atomic mass is 9.97. The lowest BCUT2D eigenvalue weighted by molar-refractivity contribution is 0.102. The molecule has 0 bridgehead atoms. The number of halogens is 1. The number of carbonyl (C=O) groups is 1. The maximum atomic E-state index is 14.8. The Kier molecular flexibility index (Phi) is 6.63. The van der Waals surface area contributed by atoms with E-state index >= 15 is 0 Å². The van der Waals surface area contributed by atoms with Gasteiger partial charge in [-0.05, 0) is 67.1 Å². The molecule has 1 aromatic heterocycles. The number of amides is 1. The number of nitrogen functional groups attached to an aromatic ring is 1. The Bertz CT molecular complexity index is 1430. The smallest absolute Gasteiger partial charge is 0.255 e. The van der Waals surface area contributed by atoms with E-state index in [1.54, 1.807) is 24.4 Å². The molecule has 36 heavy (non-hydrogen) atoms. The van der Waals surface area contributed by atoms with Crippen LogP contribution in [0.25, 0.3) is 22.0 Å². The second kappa shape index (κ2) is 10.0. The zero-order valence-corrected chi connectivity index (χ0v) is 20.5. The van der Waals surface area contributed by atoms with E-state index in [4.69, 9.17) is 5.73 Å². The quantitative estimate of drug-likeness (QED) is 0.439. The minimum atomic E-state index is -0.310. The molecular weight excluding hydrogens is 455 g/mol. The van der Waals surface area contributed by atoms with Crippen LogP contribution in [-0.2, 0) is 6.54 Å². The molecule has 4 aromatic rings. The van der Waals surface area contributed by atoms with Gasteiger partial charge in [0.15, 0.2) is 0 Å². The van der Waals surface area contributed by atoms with Crippen LogP contribution in [0.1, 0.15) is 21.5 Å². The number of piperazine rings is 1. The molecule has 3 aromatic carbocycles. The first-order chi connectivity index (χ1) is 17.4. The van der Waals surface area contributed by atoms with E-state index < -0.39 is 0 Å². The fourth-order valence-corrected chi connectivity index (χ4v) is 4.49. The van der Waals surface area contributed by atoms with Crippen molar-refractivity contribution in [3.8, 4) is 11.1 Å². The van der Waals surface area contributed by atoms with E-state index in [2.05, 4.69) is 32.1 Å². The highest BCUT2D eigenvalue weighted by atomic mass is 19.1. The van der Waals surface area contributed by atoms with Gasteiger partial charge in [0.25, 0.3) is 5.91 Å². The Morgan fingerprint density at radius 2 is 1.86 bits per heavy atom. The van der Waals surface area contributed by atoms with Gasteiger partial charge < -0.3 is 16.0 Å². The first kappa shape index (κ1) is 23.8. The van der Waals surface area contributed by atoms with Gasteiger partial charge in [-0.1, -0.05) is 18.2 Å². The summed E-state index contributed by atoms with van der Waals surface area (Å²) < 4.78 is 14.8. The van der Waals surface area contributed by atoms with Gasteiger partial charge in [0.1, 0.15) is 5.82 Å². The van der Waals surface area contributed by atoms with Crippen LogP contribution in [0.5, 0.6) is 0 Å².